The van der Waals surface area contributed by atoms with Crippen molar-refractivity contribution >= 4 is 11.7 Å². The smallest absolute Gasteiger partial charge is 0.337 e. The van der Waals surface area contributed by atoms with E-state index < -0.39 is 0 Å². The zero-order valence-corrected chi connectivity index (χ0v) is 12.5. The molecule has 0 atom stereocenters. The largest absolute Gasteiger partial charge is 0.465 e. The average molecular weight is 275 g/mol. The van der Waals surface area contributed by atoms with Gasteiger partial charge in [-0.15, -0.1) is 0 Å². The summed E-state index contributed by atoms with van der Waals surface area (Å²) in [4.78, 5) is 11.5. The highest BCUT2D eigenvalue weighted by Gasteiger charge is 2.20. The van der Waals surface area contributed by atoms with Crippen molar-refractivity contribution in [3.05, 3.63) is 29.8 Å². The first-order valence-electron chi connectivity index (χ1n) is 7.67. The molecule has 20 heavy (non-hydrogen) atoms. The van der Waals surface area contributed by atoms with Crippen LogP contribution in [0.25, 0.3) is 0 Å². The number of ether oxygens (including phenoxy) is 1. The standard InChI is InChI=1S/C17H25NO2/c1-3-5-13-8-10-15(11-9-13)18-16-7-4-6-14(12-16)17(19)20-2/h4,6-7,12-13,15,18H,3,5,8-11H2,1-2H3. The number of nitrogens with one attached hydrogen (secondary N) is 1. The van der Waals surface area contributed by atoms with Crippen molar-refractivity contribution < 1.29 is 9.53 Å². The van der Waals surface area contributed by atoms with E-state index in [9.17, 15) is 4.79 Å². The van der Waals surface area contributed by atoms with E-state index in [1.165, 1.54) is 45.6 Å². The second-order valence-electron chi connectivity index (χ2n) is 5.72. The second-order valence-corrected chi connectivity index (χ2v) is 5.72. The summed E-state index contributed by atoms with van der Waals surface area (Å²) >= 11 is 0. The Morgan fingerprint density at radius 3 is 2.70 bits per heavy atom. The highest BCUT2D eigenvalue weighted by molar-refractivity contribution is 5.90. The Morgan fingerprint density at radius 2 is 2.05 bits per heavy atom. The van der Waals surface area contributed by atoms with E-state index in [1.807, 2.05) is 18.2 Å². The van der Waals surface area contributed by atoms with Gasteiger partial charge in [-0.3, -0.25) is 0 Å². The Bertz CT molecular complexity index is 436. The van der Waals surface area contributed by atoms with Gasteiger partial charge in [0.2, 0.25) is 0 Å². The minimum absolute atomic E-state index is 0.277. The Morgan fingerprint density at radius 1 is 1.30 bits per heavy atom. The third-order valence-corrected chi connectivity index (χ3v) is 4.20. The van der Waals surface area contributed by atoms with E-state index in [0.717, 1.165) is 11.6 Å². The third-order valence-electron chi connectivity index (χ3n) is 4.20. The van der Waals surface area contributed by atoms with E-state index in [0.29, 0.717) is 11.6 Å². The van der Waals surface area contributed by atoms with E-state index in [-0.39, 0.29) is 5.97 Å². The van der Waals surface area contributed by atoms with Crippen molar-refractivity contribution in [1.82, 2.24) is 0 Å². The van der Waals surface area contributed by atoms with E-state index in [1.54, 1.807) is 6.07 Å². The summed E-state index contributed by atoms with van der Waals surface area (Å²) in [6.45, 7) is 2.27. The quantitative estimate of drug-likeness (QED) is 0.817. The highest BCUT2D eigenvalue weighted by atomic mass is 16.5. The number of esters is 1. The molecule has 0 radical (unpaired) electrons. The van der Waals surface area contributed by atoms with Crippen LogP contribution in [0.15, 0.2) is 24.3 Å². The van der Waals surface area contributed by atoms with Crippen molar-refractivity contribution in [2.75, 3.05) is 12.4 Å². The fraction of sp³-hybridized carbons (Fsp3) is 0.588. The summed E-state index contributed by atoms with van der Waals surface area (Å²) < 4.78 is 4.76. The first kappa shape index (κ1) is 14.9. The van der Waals surface area contributed by atoms with Gasteiger partial charge in [0.15, 0.2) is 0 Å². The number of methoxy groups -OCH3 is 1. The summed E-state index contributed by atoms with van der Waals surface area (Å²) in [6, 6.07) is 8.12. The minimum Gasteiger partial charge on any atom is -0.465 e. The zero-order valence-electron chi connectivity index (χ0n) is 12.5. The molecule has 110 valence electrons. The summed E-state index contributed by atoms with van der Waals surface area (Å²) in [5.74, 6) is 0.639. The van der Waals surface area contributed by atoms with Crippen molar-refractivity contribution in [3.63, 3.8) is 0 Å². The van der Waals surface area contributed by atoms with Crippen molar-refractivity contribution in [3.8, 4) is 0 Å². The molecule has 3 nitrogen and oxygen atoms in total. The molecular weight excluding hydrogens is 250 g/mol. The van der Waals surface area contributed by atoms with Gasteiger partial charge in [0.05, 0.1) is 12.7 Å². The van der Waals surface area contributed by atoms with E-state index >= 15 is 0 Å². The number of carbonyl (C=O) groups is 1. The predicted molar refractivity (Wildman–Crippen MR) is 82.1 cm³/mol. The summed E-state index contributed by atoms with van der Waals surface area (Å²) in [5, 5.41) is 3.56. The Labute approximate surface area is 121 Å². The first-order valence-corrected chi connectivity index (χ1v) is 7.67. The molecule has 1 N–H and O–H groups in total. The van der Waals surface area contributed by atoms with Gasteiger partial charge < -0.3 is 10.1 Å². The average Bonchev–Trinajstić information content (AvgIpc) is 2.49. The Balaban J connectivity index is 1.89. The van der Waals surface area contributed by atoms with Crippen LogP contribution in [0.2, 0.25) is 0 Å². The van der Waals surface area contributed by atoms with Gasteiger partial charge in [0, 0.05) is 11.7 Å². The predicted octanol–water partition coefficient (Wildman–Crippen LogP) is 4.24. The molecule has 0 aliphatic heterocycles. The molecule has 1 fully saturated rings. The van der Waals surface area contributed by atoms with Crippen LogP contribution >= 0.6 is 0 Å². The van der Waals surface area contributed by atoms with Gasteiger partial charge >= 0.3 is 5.97 Å². The van der Waals surface area contributed by atoms with Gasteiger partial charge in [-0.05, 0) is 49.8 Å². The second kappa shape index (κ2) is 7.32. The number of rotatable bonds is 5. The maximum atomic E-state index is 11.5. The van der Waals surface area contributed by atoms with Crippen LogP contribution in [0.4, 0.5) is 5.69 Å². The number of hydrogen-bond donors (Lipinski definition) is 1. The van der Waals surface area contributed by atoms with Crippen LogP contribution < -0.4 is 5.32 Å². The Kier molecular flexibility index (Phi) is 5.45. The van der Waals surface area contributed by atoms with Crippen LogP contribution in [0.1, 0.15) is 55.8 Å². The third kappa shape index (κ3) is 3.99. The fourth-order valence-corrected chi connectivity index (χ4v) is 3.09. The molecule has 2 rings (SSSR count). The van der Waals surface area contributed by atoms with Crippen LogP contribution in [0.3, 0.4) is 0 Å². The van der Waals surface area contributed by atoms with Gasteiger partial charge in [0.1, 0.15) is 0 Å². The molecule has 0 bridgehead atoms. The van der Waals surface area contributed by atoms with Crippen molar-refractivity contribution in [2.45, 2.75) is 51.5 Å². The molecule has 0 aromatic heterocycles. The molecule has 0 heterocycles. The molecule has 1 aliphatic carbocycles. The topological polar surface area (TPSA) is 38.3 Å². The lowest BCUT2D eigenvalue weighted by atomic mass is 9.83. The number of carbonyl (C=O) groups excluding carboxylic acids is 1. The number of hydrogen-bond acceptors (Lipinski definition) is 3. The molecule has 1 saturated carbocycles. The summed E-state index contributed by atoms with van der Waals surface area (Å²) in [5.41, 5.74) is 1.63. The Hall–Kier alpha value is -1.51. The number of benzene rings is 1. The normalized spacial score (nSPS) is 22.3. The molecule has 0 spiro atoms. The van der Waals surface area contributed by atoms with Crippen molar-refractivity contribution in [2.24, 2.45) is 5.92 Å². The van der Waals surface area contributed by atoms with E-state index in [4.69, 9.17) is 4.74 Å². The molecule has 3 heteroatoms. The maximum absolute atomic E-state index is 11.5. The molecule has 0 saturated heterocycles. The minimum atomic E-state index is -0.277. The molecule has 0 amide bonds. The van der Waals surface area contributed by atoms with Crippen molar-refractivity contribution in [1.29, 1.82) is 0 Å². The lowest BCUT2D eigenvalue weighted by Gasteiger charge is -2.29. The zero-order chi connectivity index (χ0) is 14.4. The van der Waals surface area contributed by atoms with E-state index in [2.05, 4.69) is 12.2 Å². The van der Waals surface area contributed by atoms with Gasteiger partial charge in [-0.25, -0.2) is 4.79 Å². The molecule has 1 aliphatic rings. The lowest BCUT2D eigenvalue weighted by molar-refractivity contribution is 0.0601. The van der Waals surface area contributed by atoms with Crippen LogP contribution in [-0.2, 0) is 4.74 Å². The fourth-order valence-electron chi connectivity index (χ4n) is 3.09. The van der Waals surface area contributed by atoms with Gasteiger partial charge in [-0.2, -0.15) is 0 Å². The van der Waals surface area contributed by atoms with Crippen LogP contribution in [0.5, 0.6) is 0 Å². The molecule has 1 aromatic carbocycles. The lowest BCUT2D eigenvalue weighted by Crippen LogP contribution is -2.26. The molecule has 0 unspecified atom stereocenters. The molecule has 1 aromatic rings. The number of anilines is 1. The van der Waals surface area contributed by atoms with Crippen LogP contribution in [0, 0.1) is 5.92 Å². The van der Waals surface area contributed by atoms with Gasteiger partial charge in [0.25, 0.3) is 0 Å². The summed E-state index contributed by atoms with van der Waals surface area (Å²) in [6.07, 6.45) is 7.76. The van der Waals surface area contributed by atoms with Gasteiger partial charge in [-0.1, -0.05) is 25.8 Å². The SMILES string of the molecule is CCCC1CCC(Nc2cccc(C(=O)OC)c2)CC1. The molecular formula is C17H25NO2. The van der Waals surface area contributed by atoms with Crippen LogP contribution in [-0.4, -0.2) is 19.1 Å². The first-order chi connectivity index (χ1) is 9.72. The monoisotopic (exact) mass is 275 g/mol. The highest BCUT2D eigenvalue weighted by Crippen LogP contribution is 2.29. The summed E-state index contributed by atoms with van der Waals surface area (Å²) in [7, 11) is 1.41. The maximum Gasteiger partial charge on any atom is 0.337 e.